The van der Waals surface area contributed by atoms with Gasteiger partial charge in [0, 0.05) is 22.0 Å². The molecule has 3 N–H and O–H groups in total. The molecule has 0 saturated carbocycles. The van der Waals surface area contributed by atoms with Crippen LogP contribution in [0.5, 0.6) is 0 Å². The summed E-state index contributed by atoms with van der Waals surface area (Å²) in [4.78, 5) is 8.76. The molecule has 3 aromatic carbocycles. The monoisotopic (exact) mass is 422 g/mol. The lowest BCUT2D eigenvalue weighted by atomic mass is 10.1. The minimum absolute atomic E-state index is 0.250. The van der Waals surface area contributed by atoms with Gasteiger partial charge in [-0.15, -0.1) is 0 Å². The predicted molar refractivity (Wildman–Crippen MR) is 124 cm³/mol. The first-order chi connectivity index (χ1) is 15.7. The average molecular weight is 422 g/mol. The molecule has 5 rings (SSSR count). The van der Waals surface area contributed by atoms with Crippen LogP contribution in [-0.4, -0.2) is 26.3 Å². The van der Waals surface area contributed by atoms with Crippen molar-refractivity contribution in [3.8, 4) is 11.8 Å². The Bertz CT molecular complexity index is 1500. The molecule has 0 aliphatic heterocycles. The van der Waals surface area contributed by atoms with Gasteiger partial charge < -0.3 is 11.1 Å². The lowest BCUT2D eigenvalue weighted by Crippen LogP contribution is -2.01. The van der Waals surface area contributed by atoms with Gasteiger partial charge in [0.05, 0.1) is 30.3 Å². The first kappa shape index (κ1) is 19.7. The molecule has 0 bridgehead atoms. The fourth-order valence-corrected chi connectivity index (χ4v) is 3.62. The third-order valence-corrected chi connectivity index (χ3v) is 5.10. The van der Waals surface area contributed by atoms with E-state index >= 15 is 0 Å². The van der Waals surface area contributed by atoms with Crippen LogP contribution in [0.15, 0.2) is 73.2 Å². The van der Waals surface area contributed by atoms with E-state index in [2.05, 4.69) is 32.2 Å². The summed E-state index contributed by atoms with van der Waals surface area (Å²) in [6.07, 6.45) is 3.34. The molecule has 7 heteroatoms. The molecule has 0 atom stereocenters. The zero-order valence-corrected chi connectivity index (χ0v) is 17.1. The smallest absolute Gasteiger partial charge is 0.141 e. The van der Waals surface area contributed by atoms with Crippen LogP contribution in [0.2, 0.25) is 0 Å². The molecule has 0 radical (unpaired) electrons. The fraction of sp³-hybridized carbons (Fsp3) is 0.0800. The van der Waals surface area contributed by atoms with Gasteiger partial charge in [-0.25, -0.2) is 14.4 Å². The summed E-state index contributed by atoms with van der Waals surface area (Å²) in [6.45, 7) is 0.804. The molecule has 156 valence electrons. The van der Waals surface area contributed by atoms with Gasteiger partial charge in [0.15, 0.2) is 0 Å². The van der Waals surface area contributed by atoms with Gasteiger partial charge in [-0.3, -0.25) is 4.68 Å². The minimum atomic E-state index is -0.250. The fourth-order valence-electron chi connectivity index (χ4n) is 3.62. The van der Waals surface area contributed by atoms with Gasteiger partial charge >= 0.3 is 0 Å². The summed E-state index contributed by atoms with van der Waals surface area (Å²) in [6, 6.07) is 18.3. The van der Waals surface area contributed by atoms with Gasteiger partial charge in [0.1, 0.15) is 18.0 Å². The van der Waals surface area contributed by atoms with Crippen molar-refractivity contribution in [3.05, 3.63) is 90.1 Å². The summed E-state index contributed by atoms with van der Waals surface area (Å²) in [7, 11) is 0. The third-order valence-electron chi connectivity index (χ3n) is 5.10. The Balaban J connectivity index is 1.45. The molecular formula is C25H19FN6. The van der Waals surface area contributed by atoms with E-state index in [0.717, 1.165) is 38.6 Å². The number of nitrogens with one attached hydrogen (secondary N) is 1. The van der Waals surface area contributed by atoms with Crippen LogP contribution in [-0.2, 0) is 6.54 Å². The van der Waals surface area contributed by atoms with E-state index in [1.807, 2.05) is 47.1 Å². The van der Waals surface area contributed by atoms with Crippen molar-refractivity contribution in [2.75, 3.05) is 11.9 Å². The molecule has 32 heavy (non-hydrogen) atoms. The molecule has 0 aliphatic carbocycles. The molecule has 6 nitrogen and oxygen atoms in total. The number of aromatic nitrogens is 4. The Morgan fingerprint density at radius 1 is 1.03 bits per heavy atom. The number of halogens is 1. The molecule has 2 aromatic heterocycles. The molecule has 0 aliphatic rings. The largest absolute Gasteiger partial charge is 0.340 e. The molecule has 5 aromatic rings. The van der Waals surface area contributed by atoms with E-state index in [1.54, 1.807) is 12.3 Å². The van der Waals surface area contributed by atoms with Crippen molar-refractivity contribution >= 4 is 33.3 Å². The van der Waals surface area contributed by atoms with Crippen LogP contribution < -0.4 is 11.1 Å². The van der Waals surface area contributed by atoms with Crippen molar-refractivity contribution in [1.29, 1.82) is 0 Å². The van der Waals surface area contributed by atoms with E-state index in [-0.39, 0.29) is 5.82 Å². The van der Waals surface area contributed by atoms with Crippen molar-refractivity contribution in [3.63, 3.8) is 0 Å². The Morgan fingerprint density at radius 2 is 1.97 bits per heavy atom. The van der Waals surface area contributed by atoms with Crippen LogP contribution in [0.25, 0.3) is 21.8 Å². The van der Waals surface area contributed by atoms with Crippen molar-refractivity contribution in [1.82, 2.24) is 19.7 Å². The van der Waals surface area contributed by atoms with Gasteiger partial charge in [-0.1, -0.05) is 24.0 Å². The van der Waals surface area contributed by atoms with Gasteiger partial charge in [0.2, 0.25) is 0 Å². The quantitative estimate of drug-likeness (QED) is 0.424. The topological polar surface area (TPSA) is 81.7 Å². The highest BCUT2D eigenvalue weighted by Crippen LogP contribution is 2.26. The maximum Gasteiger partial charge on any atom is 0.141 e. The SMILES string of the molecule is NCC#Cc1ccc2ncnc(Nc3ccc4c(cnn4Cc4cccc(F)c4)c3)c2c1. The number of anilines is 2. The second-order valence-electron chi connectivity index (χ2n) is 7.29. The zero-order valence-electron chi connectivity index (χ0n) is 17.1. The highest BCUT2D eigenvalue weighted by Gasteiger charge is 2.08. The molecule has 0 unspecified atom stereocenters. The summed E-state index contributed by atoms with van der Waals surface area (Å²) in [5.41, 5.74) is 9.86. The molecule has 0 fully saturated rings. The van der Waals surface area contributed by atoms with Crippen LogP contribution in [0.3, 0.4) is 0 Å². The molecule has 0 saturated heterocycles. The average Bonchev–Trinajstić information content (AvgIpc) is 3.20. The normalized spacial score (nSPS) is 10.8. The second kappa shape index (κ2) is 8.46. The lowest BCUT2D eigenvalue weighted by Gasteiger charge is -2.09. The van der Waals surface area contributed by atoms with Gasteiger partial charge in [-0.2, -0.15) is 5.10 Å². The second-order valence-corrected chi connectivity index (χ2v) is 7.29. The number of fused-ring (bicyclic) bond motifs is 2. The Hall–Kier alpha value is -4.28. The van der Waals surface area contributed by atoms with Crippen LogP contribution >= 0.6 is 0 Å². The maximum absolute atomic E-state index is 13.5. The van der Waals surface area contributed by atoms with Gasteiger partial charge in [-0.05, 0) is 54.1 Å². The predicted octanol–water partition coefficient (Wildman–Crippen LogP) is 4.22. The number of hydrogen-bond acceptors (Lipinski definition) is 5. The summed E-state index contributed by atoms with van der Waals surface area (Å²) in [5, 5.41) is 9.70. The highest BCUT2D eigenvalue weighted by atomic mass is 19.1. The number of hydrogen-bond donors (Lipinski definition) is 2. The zero-order chi connectivity index (χ0) is 21.9. The Kier molecular flexibility index (Phi) is 5.20. The van der Waals surface area contributed by atoms with Gasteiger partial charge in [0.25, 0.3) is 0 Å². The Morgan fingerprint density at radius 3 is 2.84 bits per heavy atom. The van der Waals surface area contributed by atoms with Crippen LogP contribution in [0.4, 0.5) is 15.9 Å². The first-order valence-corrected chi connectivity index (χ1v) is 10.1. The maximum atomic E-state index is 13.5. The lowest BCUT2D eigenvalue weighted by molar-refractivity contribution is 0.621. The number of nitrogens with two attached hydrogens (primary N) is 1. The summed E-state index contributed by atoms with van der Waals surface area (Å²) < 4.78 is 15.4. The first-order valence-electron chi connectivity index (χ1n) is 10.1. The third kappa shape index (κ3) is 4.00. The van der Waals surface area contributed by atoms with E-state index in [1.165, 1.54) is 18.5 Å². The molecule has 0 amide bonds. The molecule has 0 spiro atoms. The van der Waals surface area contributed by atoms with E-state index < -0.39 is 0 Å². The number of nitrogens with zero attached hydrogens (tertiary/aromatic N) is 4. The Labute approximate surface area is 183 Å². The van der Waals surface area contributed by atoms with E-state index in [9.17, 15) is 4.39 Å². The number of benzene rings is 3. The highest BCUT2D eigenvalue weighted by molar-refractivity contribution is 5.92. The number of rotatable bonds is 4. The van der Waals surface area contributed by atoms with Crippen LogP contribution in [0.1, 0.15) is 11.1 Å². The van der Waals surface area contributed by atoms with E-state index in [4.69, 9.17) is 5.73 Å². The molecular weight excluding hydrogens is 403 g/mol. The standard InChI is InChI=1S/C25H19FN6/c26-20-5-1-3-18(11-20)15-32-24-9-7-21(13-19(24)14-30-32)31-25-22-12-17(4-2-10-27)6-8-23(22)28-16-29-25/h1,3,5-9,11-14,16H,10,15,27H2,(H,28,29,31). The van der Waals surface area contributed by atoms with Crippen LogP contribution in [0, 0.1) is 17.7 Å². The van der Waals surface area contributed by atoms with Crippen molar-refractivity contribution < 1.29 is 4.39 Å². The van der Waals surface area contributed by atoms with E-state index in [0.29, 0.717) is 18.9 Å². The van der Waals surface area contributed by atoms with Crippen molar-refractivity contribution in [2.24, 2.45) is 5.73 Å². The summed E-state index contributed by atoms with van der Waals surface area (Å²) >= 11 is 0. The minimum Gasteiger partial charge on any atom is -0.340 e. The summed E-state index contributed by atoms with van der Waals surface area (Å²) in [5.74, 6) is 6.35. The molecule has 2 heterocycles. The van der Waals surface area contributed by atoms with Crippen molar-refractivity contribution in [2.45, 2.75) is 6.54 Å².